The van der Waals surface area contributed by atoms with Crippen molar-refractivity contribution < 1.29 is 4.74 Å². The fraction of sp³-hybridized carbons (Fsp3) is 0. The summed E-state index contributed by atoms with van der Waals surface area (Å²) in [5.41, 5.74) is 0. The largest absolute Gasteiger partial charge is 0.450 e. The molecule has 0 atom stereocenters. The molecule has 0 aliphatic carbocycles. The topological polar surface area (TPSA) is 50.6 Å². The van der Waals surface area contributed by atoms with E-state index in [4.69, 9.17) is 4.74 Å². The van der Waals surface area contributed by atoms with Crippen molar-refractivity contribution in [1.29, 1.82) is 0 Å². The Labute approximate surface area is 61.1 Å². The van der Waals surface area contributed by atoms with Gasteiger partial charge in [0, 0.05) is 0 Å². The van der Waals surface area contributed by atoms with E-state index in [0.717, 1.165) is 0 Å². The highest BCUT2D eigenvalue weighted by molar-refractivity contribution is 7.03. The minimum atomic E-state index is 0.679. The van der Waals surface area contributed by atoms with Gasteiger partial charge in [-0.15, -0.1) is 10.2 Å². The van der Waals surface area contributed by atoms with Crippen LogP contribution in [0.4, 0.5) is 5.82 Å². The Kier molecular flexibility index (Phi) is 1.24. The van der Waals surface area contributed by atoms with Crippen LogP contribution in [-0.4, -0.2) is 16.0 Å². The summed E-state index contributed by atoms with van der Waals surface area (Å²) >= 11 is 1.27. The van der Waals surface area contributed by atoms with Crippen molar-refractivity contribution in [2.45, 2.75) is 0 Å². The molecule has 1 aromatic heterocycles. The average Bonchev–Trinajstić information content (AvgIpc) is 2.59. The SMILES string of the molecule is [CH]1OC=NN1c1csnn1. The molecule has 0 spiro atoms. The zero-order chi connectivity index (χ0) is 6.81. The van der Waals surface area contributed by atoms with E-state index in [-0.39, 0.29) is 0 Å². The van der Waals surface area contributed by atoms with Gasteiger partial charge in [0.15, 0.2) is 12.2 Å². The first-order valence-corrected chi connectivity index (χ1v) is 3.38. The van der Waals surface area contributed by atoms with Crippen LogP contribution < -0.4 is 5.01 Å². The highest BCUT2D eigenvalue weighted by Gasteiger charge is 2.12. The lowest BCUT2D eigenvalue weighted by Crippen LogP contribution is -2.07. The van der Waals surface area contributed by atoms with Crippen LogP contribution in [0.3, 0.4) is 0 Å². The summed E-state index contributed by atoms with van der Waals surface area (Å²) in [5.74, 6) is 0.679. The third-order valence-electron chi connectivity index (χ3n) is 0.976. The van der Waals surface area contributed by atoms with Crippen LogP contribution in [-0.2, 0) is 4.74 Å². The maximum absolute atomic E-state index is 4.73. The Morgan fingerprint density at radius 3 is 3.20 bits per heavy atom. The van der Waals surface area contributed by atoms with E-state index >= 15 is 0 Å². The van der Waals surface area contributed by atoms with Crippen molar-refractivity contribution in [1.82, 2.24) is 9.59 Å². The number of aromatic nitrogens is 2. The molecule has 2 heterocycles. The molecule has 1 aliphatic rings. The van der Waals surface area contributed by atoms with Crippen LogP contribution in [0.2, 0.25) is 0 Å². The summed E-state index contributed by atoms with van der Waals surface area (Å²) in [4.78, 5) is 0. The first kappa shape index (κ1) is 5.60. The third-order valence-corrected chi connectivity index (χ3v) is 1.47. The molecule has 10 heavy (non-hydrogen) atoms. The number of hydrogen-bond acceptors (Lipinski definition) is 6. The standard InChI is InChI=1S/C4H3N4OS/c1-4(6-7-10-1)8-3-9-2-5-8/h1-3H. The van der Waals surface area contributed by atoms with Crippen molar-refractivity contribution in [3.63, 3.8) is 0 Å². The minimum Gasteiger partial charge on any atom is -0.450 e. The predicted octanol–water partition coefficient (Wildman–Crippen LogP) is 0.437. The number of anilines is 1. The molecule has 1 aromatic rings. The van der Waals surface area contributed by atoms with Crippen molar-refractivity contribution in [2.75, 3.05) is 5.01 Å². The van der Waals surface area contributed by atoms with Crippen LogP contribution in [0.25, 0.3) is 0 Å². The third kappa shape index (κ3) is 0.820. The Morgan fingerprint density at radius 2 is 2.60 bits per heavy atom. The van der Waals surface area contributed by atoms with Gasteiger partial charge in [0.05, 0.1) is 5.38 Å². The van der Waals surface area contributed by atoms with E-state index < -0.39 is 0 Å². The Balaban J connectivity index is 2.20. The van der Waals surface area contributed by atoms with Gasteiger partial charge in [0.2, 0.25) is 0 Å². The van der Waals surface area contributed by atoms with Crippen LogP contribution in [0, 0.1) is 6.73 Å². The molecule has 0 amide bonds. The normalized spacial score (nSPS) is 15.8. The molecule has 0 saturated heterocycles. The van der Waals surface area contributed by atoms with Gasteiger partial charge in [-0.25, -0.2) is 0 Å². The predicted molar refractivity (Wildman–Crippen MR) is 36.3 cm³/mol. The highest BCUT2D eigenvalue weighted by Crippen LogP contribution is 2.15. The molecule has 0 unspecified atom stereocenters. The second-order valence-electron chi connectivity index (χ2n) is 1.57. The van der Waals surface area contributed by atoms with Gasteiger partial charge in [-0.3, -0.25) is 0 Å². The van der Waals surface area contributed by atoms with Crippen molar-refractivity contribution in [3.05, 3.63) is 12.1 Å². The average molecular weight is 155 g/mol. The molecule has 1 aliphatic heterocycles. The van der Waals surface area contributed by atoms with Gasteiger partial charge < -0.3 is 4.74 Å². The molecule has 0 fully saturated rings. The van der Waals surface area contributed by atoms with Gasteiger partial charge in [-0.1, -0.05) is 4.49 Å². The Hall–Kier alpha value is -1.17. The summed E-state index contributed by atoms with van der Waals surface area (Å²) in [5, 5.41) is 10.9. The molecule has 0 saturated carbocycles. The summed E-state index contributed by atoms with van der Waals surface area (Å²) in [6, 6.07) is 0. The number of rotatable bonds is 1. The lowest BCUT2D eigenvalue weighted by atomic mass is 10.8. The van der Waals surface area contributed by atoms with Crippen LogP contribution in [0.15, 0.2) is 10.5 Å². The molecule has 0 N–H and O–H groups in total. The van der Waals surface area contributed by atoms with Gasteiger partial charge in [0.25, 0.3) is 6.73 Å². The number of hydrogen-bond donors (Lipinski definition) is 0. The molecular formula is C4H3N4OS. The molecule has 6 heteroatoms. The maximum atomic E-state index is 4.73. The van der Waals surface area contributed by atoms with Gasteiger partial charge in [0.1, 0.15) is 0 Å². The first-order chi connectivity index (χ1) is 4.97. The van der Waals surface area contributed by atoms with Gasteiger partial charge >= 0.3 is 0 Å². The Bertz CT molecular complexity index is 233. The quantitative estimate of drug-likeness (QED) is 0.590. The van der Waals surface area contributed by atoms with E-state index in [1.165, 1.54) is 29.7 Å². The van der Waals surface area contributed by atoms with Crippen LogP contribution in [0.5, 0.6) is 0 Å². The molecule has 1 radical (unpaired) electrons. The second kappa shape index (κ2) is 2.22. The van der Waals surface area contributed by atoms with Gasteiger partial charge in [-0.05, 0) is 11.5 Å². The van der Waals surface area contributed by atoms with Crippen LogP contribution >= 0.6 is 11.5 Å². The zero-order valence-electron chi connectivity index (χ0n) is 4.84. The molecule has 2 rings (SSSR count). The summed E-state index contributed by atoms with van der Waals surface area (Å²) in [7, 11) is 0. The molecule has 51 valence electrons. The first-order valence-electron chi connectivity index (χ1n) is 2.54. The summed E-state index contributed by atoms with van der Waals surface area (Å²) in [6.45, 7) is 1.46. The number of hydrazone groups is 1. The van der Waals surface area contributed by atoms with Crippen molar-refractivity contribution in [3.8, 4) is 0 Å². The van der Waals surface area contributed by atoms with E-state index in [2.05, 4.69) is 14.7 Å². The summed E-state index contributed by atoms with van der Waals surface area (Å²) < 4.78 is 8.39. The van der Waals surface area contributed by atoms with Crippen molar-refractivity contribution >= 4 is 23.8 Å². The highest BCUT2D eigenvalue weighted by atomic mass is 32.1. The zero-order valence-corrected chi connectivity index (χ0v) is 5.65. The lowest BCUT2D eigenvalue weighted by molar-refractivity contribution is 0.433. The van der Waals surface area contributed by atoms with E-state index in [1.54, 1.807) is 5.38 Å². The smallest absolute Gasteiger partial charge is 0.252 e. The molecule has 0 aromatic carbocycles. The summed E-state index contributed by atoms with van der Waals surface area (Å²) in [6.07, 6.45) is 1.33. The fourth-order valence-corrected chi connectivity index (χ4v) is 0.990. The van der Waals surface area contributed by atoms with E-state index in [9.17, 15) is 0 Å². The van der Waals surface area contributed by atoms with Crippen LogP contribution in [0.1, 0.15) is 0 Å². The monoisotopic (exact) mass is 155 g/mol. The molecule has 0 bridgehead atoms. The minimum absolute atomic E-state index is 0.679. The number of ether oxygens (including phenoxy) is 1. The van der Waals surface area contributed by atoms with Crippen molar-refractivity contribution in [2.24, 2.45) is 5.10 Å². The lowest BCUT2D eigenvalue weighted by Gasteiger charge is -2.02. The fourth-order valence-electron chi connectivity index (χ4n) is 0.563. The second-order valence-corrected chi connectivity index (χ2v) is 2.18. The number of nitrogens with zero attached hydrogens (tertiary/aromatic N) is 4. The molecular weight excluding hydrogens is 152 g/mol. The Morgan fingerprint density at radius 1 is 1.60 bits per heavy atom. The molecule has 5 nitrogen and oxygen atoms in total. The van der Waals surface area contributed by atoms with E-state index in [0.29, 0.717) is 5.82 Å². The van der Waals surface area contributed by atoms with E-state index in [1.807, 2.05) is 0 Å². The van der Waals surface area contributed by atoms with Gasteiger partial charge in [-0.2, -0.15) is 5.01 Å². The maximum Gasteiger partial charge on any atom is 0.252 e.